The molecule has 4 nitrogen and oxygen atoms in total. The molecule has 35 heavy (non-hydrogen) atoms. The van der Waals surface area contributed by atoms with Gasteiger partial charge in [0, 0.05) is 33.8 Å². The Kier molecular flexibility index (Phi) is 6.86. The summed E-state index contributed by atoms with van der Waals surface area (Å²) in [5, 5.41) is 1.23. The number of hydrogen-bond acceptors (Lipinski definition) is 3. The van der Waals surface area contributed by atoms with Gasteiger partial charge in [0.1, 0.15) is 5.82 Å². The number of nitrogens with two attached hydrogens (primary N) is 2. The van der Waals surface area contributed by atoms with Gasteiger partial charge in [0.2, 0.25) is 5.91 Å². The summed E-state index contributed by atoms with van der Waals surface area (Å²) in [4.78, 5) is 13.5. The first kappa shape index (κ1) is 24.6. The number of hydrogen-bond donors (Lipinski definition) is 2. The van der Waals surface area contributed by atoms with Crippen molar-refractivity contribution in [2.45, 2.75) is 57.5 Å². The van der Waals surface area contributed by atoms with Crippen molar-refractivity contribution in [3.05, 3.63) is 74.5 Å². The van der Waals surface area contributed by atoms with E-state index in [0.29, 0.717) is 39.5 Å². The van der Waals surface area contributed by atoms with Gasteiger partial charge >= 0.3 is 0 Å². The first-order valence-electron chi connectivity index (χ1n) is 12.5. The van der Waals surface area contributed by atoms with E-state index in [9.17, 15) is 9.18 Å². The van der Waals surface area contributed by atoms with Gasteiger partial charge in [-0.15, -0.1) is 0 Å². The Hall–Kier alpha value is -2.08. The molecule has 1 heterocycles. The van der Waals surface area contributed by atoms with Crippen LogP contribution in [0.25, 0.3) is 0 Å². The molecule has 2 aromatic carbocycles. The number of carbonyl (C=O) groups excluding carboxylic acids is 1. The van der Waals surface area contributed by atoms with Gasteiger partial charge in [0.15, 0.2) is 0 Å². The number of rotatable bonds is 8. The van der Waals surface area contributed by atoms with Crippen molar-refractivity contribution in [1.82, 2.24) is 0 Å². The molecular formula is C28H32Cl2FN3O. The first-order chi connectivity index (χ1) is 16.7. The summed E-state index contributed by atoms with van der Waals surface area (Å²) in [5.74, 6) is 0.746. The van der Waals surface area contributed by atoms with Gasteiger partial charge in [0.25, 0.3) is 0 Å². The summed E-state index contributed by atoms with van der Waals surface area (Å²) < 4.78 is 14.7. The molecule has 2 bridgehead atoms. The maximum Gasteiger partial charge on any atom is 0.248 e. The second-order valence-corrected chi connectivity index (χ2v) is 11.3. The fourth-order valence-electron chi connectivity index (χ4n) is 6.30. The van der Waals surface area contributed by atoms with E-state index in [1.807, 2.05) is 18.2 Å². The van der Waals surface area contributed by atoms with Crippen LogP contribution in [0.2, 0.25) is 10.0 Å². The third-order valence-corrected chi connectivity index (χ3v) is 9.06. The van der Waals surface area contributed by atoms with E-state index < -0.39 is 5.91 Å². The SMILES string of the molecule is C/C(=C(/CCC1CC2CC1CN2c1ccc(C(N)=O)cc1F)C(N)c1c(Cl)cccc1Cl)C1CC1. The topological polar surface area (TPSA) is 72.3 Å². The molecular weight excluding hydrogens is 484 g/mol. The molecule has 0 aromatic heterocycles. The minimum atomic E-state index is -0.611. The van der Waals surface area contributed by atoms with Crippen LogP contribution in [0.15, 0.2) is 47.5 Å². The monoisotopic (exact) mass is 515 g/mol. The first-order valence-corrected chi connectivity index (χ1v) is 13.2. The Morgan fingerprint density at radius 1 is 1.17 bits per heavy atom. The number of piperidine rings is 1. The Balaban J connectivity index is 1.28. The van der Waals surface area contributed by atoms with E-state index in [1.165, 1.54) is 30.1 Å². The molecule has 4 N–H and O–H groups in total. The van der Waals surface area contributed by atoms with Crippen molar-refractivity contribution in [3.63, 3.8) is 0 Å². The average Bonchev–Trinajstić information content (AvgIpc) is 3.49. The quantitative estimate of drug-likeness (QED) is 0.386. The third kappa shape index (κ3) is 4.83. The molecule has 0 radical (unpaired) electrons. The molecule has 0 spiro atoms. The van der Waals surface area contributed by atoms with Crippen LogP contribution in [0.4, 0.5) is 10.1 Å². The second-order valence-electron chi connectivity index (χ2n) is 10.5. The van der Waals surface area contributed by atoms with Crippen molar-refractivity contribution in [2.24, 2.45) is 29.2 Å². The van der Waals surface area contributed by atoms with Crippen LogP contribution >= 0.6 is 23.2 Å². The number of halogens is 3. The van der Waals surface area contributed by atoms with Crippen molar-refractivity contribution < 1.29 is 9.18 Å². The highest BCUT2D eigenvalue weighted by Crippen LogP contribution is 2.48. The molecule has 4 unspecified atom stereocenters. The minimum Gasteiger partial charge on any atom is -0.366 e. The minimum absolute atomic E-state index is 0.203. The summed E-state index contributed by atoms with van der Waals surface area (Å²) in [7, 11) is 0. The van der Waals surface area contributed by atoms with Crippen LogP contribution in [0.1, 0.15) is 67.4 Å². The highest BCUT2D eigenvalue weighted by molar-refractivity contribution is 6.36. The molecule has 2 aromatic rings. The van der Waals surface area contributed by atoms with Crippen LogP contribution in [-0.4, -0.2) is 18.5 Å². The Labute approximate surface area is 216 Å². The number of allylic oxidation sites excluding steroid dienone is 1. The molecule has 1 aliphatic heterocycles. The summed E-state index contributed by atoms with van der Waals surface area (Å²) in [6.07, 6.45) is 6.56. The third-order valence-electron chi connectivity index (χ3n) is 8.40. The van der Waals surface area contributed by atoms with Gasteiger partial charge in [-0.1, -0.05) is 34.8 Å². The average molecular weight is 516 g/mol. The molecule has 186 valence electrons. The Morgan fingerprint density at radius 2 is 1.89 bits per heavy atom. The van der Waals surface area contributed by atoms with E-state index in [-0.39, 0.29) is 17.4 Å². The molecule has 5 rings (SSSR count). The lowest BCUT2D eigenvalue weighted by Crippen LogP contribution is -2.36. The standard InChI is InChI=1S/C28H32Cl2FN3O/c1-15(16-5-6-16)21(27(32)26-22(29)3-2-4-23(26)30)9-7-17-11-20-12-19(17)14-34(20)25-10-8-18(28(33)35)13-24(25)31/h2-4,8,10,13,16-17,19-20,27H,5-7,9,11-12,14,32H2,1H3,(H2,33,35)/b21-15+. The summed E-state index contributed by atoms with van der Waals surface area (Å²) in [6.45, 7) is 3.06. The molecule has 1 amide bonds. The van der Waals surface area contributed by atoms with Gasteiger partial charge < -0.3 is 16.4 Å². The number of carbonyl (C=O) groups is 1. The fraction of sp³-hybridized carbons (Fsp3) is 0.464. The van der Waals surface area contributed by atoms with Gasteiger partial charge in [-0.3, -0.25) is 4.79 Å². The normalized spacial score (nSPS) is 25.1. The number of fused-ring (bicyclic) bond motifs is 2. The molecule has 3 aliphatic rings. The second kappa shape index (κ2) is 9.76. The zero-order valence-electron chi connectivity index (χ0n) is 19.9. The van der Waals surface area contributed by atoms with Gasteiger partial charge in [-0.2, -0.15) is 0 Å². The van der Waals surface area contributed by atoms with Crippen molar-refractivity contribution in [1.29, 1.82) is 0 Å². The number of primary amides is 1. The molecule has 3 fully saturated rings. The van der Waals surface area contributed by atoms with Gasteiger partial charge in [-0.05, 0) is 99.1 Å². The van der Waals surface area contributed by atoms with Crippen molar-refractivity contribution >= 4 is 34.8 Å². The van der Waals surface area contributed by atoms with E-state index >= 15 is 0 Å². The number of amides is 1. The number of benzene rings is 2. The van der Waals surface area contributed by atoms with E-state index in [2.05, 4.69) is 11.8 Å². The van der Waals surface area contributed by atoms with Crippen LogP contribution in [0, 0.1) is 23.6 Å². The maximum atomic E-state index is 14.7. The number of anilines is 1. The predicted octanol–water partition coefficient (Wildman–Crippen LogP) is 6.65. The summed E-state index contributed by atoms with van der Waals surface area (Å²) in [6, 6.07) is 10.1. The molecule has 7 heteroatoms. The molecule has 2 saturated carbocycles. The van der Waals surface area contributed by atoms with E-state index in [0.717, 1.165) is 37.8 Å². The molecule has 4 atom stereocenters. The fourth-order valence-corrected chi connectivity index (χ4v) is 6.93. The van der Waals surface area contributed by atoms with E-state index in [1.54, 1.807) is 12.1 Å². The lowest BCUT2D eigenvalue weighted by atomic mass is 9.84. The highest BCUT2D eigenvalue weighted by atomic mass is 35.5. The van der Waals surface area contributed by atoms with Gasteiger partial charge in [0.05, 0.1) is 11.7 Å². The molecule has 2 aliphatic carbocycles. The van der Waals surface area contributed by atoms with Crippen molar-refractivity contribution in [2.75, 3.05) is 11.4 Å². The number of nitrogens with zero attached hydrogens (tertiary/aromatic N) is 1. The lowest BCUT2D eigenvalue weighted by Gasteiger charge is -2.34. The predicted molar refractivity (Wildman–Crippen MR) is 140 cm³/mol. The Morgan fingerprint density at radius 3 is 2.46 bits per heavy atom. The largest absolute Gasteiger partial charge is 0.366 e. The van der Waals surface area contributed by atoms with Crippen LogP contribution < -0.4 is 16.4 Å². The zero-order chi connectivity index (χ0) is 24.9. The zero-order valence-corrected chi connectivity index (χ0v) is 21.5. The lowest BCUT2D eigenvalue weighted by molar-refractivity contribution is 0.1000. The Bertz CT molecular complexity index is 1160. The van der Waals surface area contributed by atoms with E-state index in [4.69, 9.17) is 34.7 Å². The highest BCUT2D eigenvalue weighted by Gasteiger charge is 2.45. The van der Waals surface area contributed by atoms with Crippen LogP contribution in [-0.2, 0) is 0 Å². The van der Waals surface area contributed by atoms with Crippen LogP contribution in [0.5, 0.6) is 0 Å². The van der Waals surface area contributed by atoms with Gasteiger partial charge in [-0.25, -0.2) is 4.39 Å². The van der Waals surface area contributed by atoms with Crippen molar-refractivity contribution in [3.8, 4) is 0 Å². The van der Waals surface area contributed by atoms with Crippen LogP contribution in [0.3, 0.4) is 0 Å². The molecule has 1 saturated heterocycles. The smallest absolute Gasteiger partial charge is 0.248 e. The summed E-state index contributed by atoms with van der Waals surface area (Å²) in [5.41, 5.74) is 16.4. The summed E-state index contributed by atoms with van der Waals surface area (Å²) >= 11 is 13.0. The maximum absolute atomic E-state index is 14.7.